The molecule has 0 amide bonds. The Kier molecular flexibility index (Phi) is 36.5. The Morgan fingerprint density at radius 3 is 1.39 bits per heavy atom. The van der Waals surface area contributed by atoms with E-state index in [1.54, 1.807) is 55.5 Å². The van der Waals surface area contributed by atoms with Crippen molar-refractivity contribution in [1.82, 2.24) is 65.1 Å². The molecule has 10 rings (SSSR count). The Labute approximate surface area is 505 Å². The van der Waals surface area contributed by atoms with Crippen molar-refractivity contribution in [2.45, 2.75) is 123 Å². The number of nitrogens with one attached hydrogen (secondary N) is 1. The first kappa shape index (κ1) is 69.5. The van der Waals surface area contributed by atoms with E-state index < -0.39 is 7.12 Å². The standard InChI is InChI=1S/C13H16N6.C9H14BN3O2.C9H12BrN3.C5H11N.C4H2BrClN2.C4H4ClN3.C4H9.BH2P.ClH.Li/c1-9-3-2-6-19(9)13-16-7-10(8-17-13)12-15-5-4-11(14)18-12;1-7-3-2-4-13(7)9-11-5-8(6-12-9)10(14)15;1-7-3-2-4-13(7)9-11-5-8(10)6-12-9;1-5-3-2-4-6-5;5-3-1-7-4(6)8-2-3;5-4-7-2-1-3(6)8-4;1-3-4-2;1-2;;/h4-5,7-9H,2-3,6H2,1H3,(H2,14,15,18);5-7,14-15H,2-4H2,1H3;5-7H,2-4H2,1H3;5-6H,2-4H2,1H3;1-2H;1-2H,(H2,6,7,8);1,3-4H2,2H3;2H2;1H;/q;;;;;;-1;;;+1/t9-;2*7-;5-;;;;;;/m1111....../s1/i;;;;;;;2T;;. The van der Waals surface area contributed by atoms with Crippen molar-refractivity contribution in [2.75, 3.05) is 52.3 Å². The fourth-order valence-corrected chi connectivity index (χ4v) is 8.02. The van der Waals surface area contributed by atoms with Crippen LogP contribution in [-0.4, -0.2) is 136 Å². The molecule has 4 aliphatic rings. The molecule has 77 heavy (non-hydrogen) atoms. The summed E-state index contributed by atoms with van der Waals surface area (Å²) in [6, 6.07) is 5.59. The molecule has 5 atom stereocenters. The fourth-order valence-electron chi connectivity index (χ4n) is 7.36. The molecule has 0 aliphatic carbocycles. The fraction of sp³-hybridized carbons (Fsp3) is 0.479. The van der Waals surface area contributed by atoms with Crippen LogP contribution in [0, 0.1) is 6.92 Å². The maximum absolute atomic E-state index is 8.89. The topological polar surface area (TPSA) is 269 Å². The van der Waals surface area contributed by atoms with E-state index in [9.17, 15) is 0 Å². The minimum Gasteiger partial charge on any atom is -0.423 e. The van der Waals surface area contributed by atoms with Gasteiger partial charge in [0, 0.05) is 113 Å². The van der Waals surface area contributed by atoms with Crippen LogP contribution in [0.2, 0.25) is 10.6 Å². The van der Waals surface area contributed by atoms with Crippen molar-refractivity contribution in [1.29, 1.82) is 1.28 Å². The molecule has 6 aromatic heterocycles. The second-order valence-electron chi connectivity index (χ2n) is 17.3. The van der Waals surface area contributed by atoms with Gasteiger partial charge < -0.3 is 48.5 Å². The van der Waals surface area contributed by atoms with Crippen molar-refractivity contribution in [3.8, 4) is 11.4 Å². The summed E-state index contributed by atoms with van der Waals surface area (Å²) in [5.41, 5.74) is 12.0. The number of unbranched alkanes of at least 4 members (excludes halogenated alkanes) is 1. The van der Waals surface area contributed by atoms with Gasteiger partial charge in [0.05, 0.1) is 22.1 Å². The summed E-state index contributed by atoms with van der Waals surface area (Å²) in [6.07, 6.45) is 28.6. The molecular formula is C48H71B2Br2Cl3LiN18O2P. The van der Waals surface area contributed by atoms with E-state index in [1.165, 1.54) is 70.1 Å². The van der Waals surface area contributed by atoms with E-state index in [0.29, 0.717) is 47.0 Å². The molecule has 0 bridgehead atoms. The van der Waals surface area contributed by atoms with Gasteiger partial charge in [-0.25, -0.2) is 59.8 Å². The van der Waals surface area contributed by atoms with E-state index in [4.69, 9.17) is 46.0 Å². The van der Waals surface area contributed by atoms with Crippen LogP contribution in [0.15, 0.2) is 83.0 Å². The molecule has 10 heterocycles. The summed E-state index contributed by atoms with van der Waals surface area (Å²) in [6.45, 7) is 18.8. The average molecular weight is 1260 g/mol. The number of nitrogens with two attached hydrogens (primary N) is 2. The van der Waals surface area contributed by atoms with Crippen molar-refractivity contribution < 1.29 is 28.9 Å². The molecule has 4 saturated heterocycles. The SMILES string of the molecule is C[C@@H]1CCCN1.C[C@@H]1CCCN1c1ncc(-c2nccc(N)n2)cn1.C[C@@H]1CCCN1c1ncc(B(O)O)cn1.C[C@@H]1CCCN1c1ncc(Br)cn1.Cl.Clc1ncc(Br)cn1.Nc1ccnc(Cl)n1.[3H]P[B].[CH2-]CCC.[Li+]. The van der Waals surface area contributed by atoms with Crippen molar-refractivity contribution >= 4 is 126 Å². The van der Waals surface area contributed by atoms with Crippen molar-refractivity contribution in [3.63, 3.8) is 0 Å². The van der Waals surface area contributed by atoms with Gasteiger partial charge in [-0.2, -0.15) is 15.5 Å². The second-order valence-corrected chi connectivity index (χ2v) is 19.8. The van der Waals surface area contributed by atoms with Gasteiger partial charge in [0.25, 0.3) is 0 Å². The van der Waals surface area contributed by atoms with Gasteiger partial charge in [0.15, 0.2) is 5.82 Å². The predicted octanol–water partition coefficient (Wildman–Crippen LogP) is 5.23. The molecule has 1 unspecified atom stereocenters. The summed E-state index contributed by atoms with van der Waals surface area (Å²) < 4.78 is 7.78. The molecule has 20 nitrogen and oxygen atoms in total. The van der Waals surface area contributed by atoms with Gasteiger partial charge >= 0.3 is 26.0 Å². The smallest absolute Gasteiger partial charge is 0.423 e. The number of hydrogen-bond acceptors (Lipinski definition) is 20. The maximum atomic E-state index is 8.89. The molecule has 0 aromatic carbocycles. The largest absolute Gasteiger partial charge is 1.00 e. The van der Waals surface area contributed by atoms with Gasteiger partial charge in [-0.15, -0.1) is 12.4 Å². The normalized spacial score (nSPS) is 17.8. The van der Waals surface area contributed by atoms with Crippen LogP contribution in [0.5, 0.6) is 0 Å². The number of hydrogen-bond donors (Lipinski definition) is 5. The molecule has 412 valence electrons. The van der Waals surface area contributed by atoms with E-state index in [2.05, 4.69) is 161 Å². The molecule has 0 spiro atoms. The zero-order valence-electron chi connectivity index (χ0n) is 45.7. The van der Waals surface area contributed by atoms with E-state index in [0.717, 1.165) is 71.3 Å². The summed E-state index contributed by atoms with van der Waals surface area (Å²) >= 11 is 17.2. The first-order valence-electron chi connectivity index (χ1n) is 25.1. The molecule has 29 heteroatoms. The number of rotatable bonds is 6. The minimum atomic E-state index is -1.49. The molecular weight excluding hydrogens is 1190 g/mol. The molecule has 6 aromatic rings. The Morgan fingerprint density at radius 1 is 0.688 bits per heavy atom. The first-order valence-corrected chi connectivity index (χ1v) is 27.5. The molecule has 4 aliphatic heterocycles. The predicted molar refractivity (Wildman–Crippen MR) is 323 cm³/mol. The van der Waals surface area contributed by atoms with Crippen LogP contribution >= 0.6 is 76.5 Å². The first-order chi connectivity index (χ1) is 36.5. The molecule has 7 N–H and O–H groups in total. The van der Waals surface area contributed by atoms with Gasteiger partial charge in [0.1, 0.15) is 11.6 Å². The third-order valence-electron chi connectivity index (χ3n) is 11.5. The van der Waals surface area contributed by atoms with Gasteiger partial charge in [-0.1, -0.05) is 13.3 Å². The van der Waals surface area contributed by atoms with E-state index in [-0.39, 0.29) is 50.9 Å². The Bertz CT molecular complexity index is 2450. The summed E-state index contributed by atoms with van der Waals surface area (Å²) in [5, 5.41) is 21.6. The number of halogens is 5. The minimum absolute atomic E-state index is 0. The van der Waals surface area contributed by atoms with Crippen LogP contribution in [0.1, 0.15) is 98.8 Å². The molecule has 4 fully saturated rings. The van der Waals surface area contributed by atoms with Crippen LogP contribution in [0.3, 0.4) is 0 Å². The number of nitrogens with zero attached hydrogens (tertiary/aromatic N) is 15. The average Bonchev–Trinajstić information content (AvgIpc) is 4.27. The van der Waals surface area contributed by atoms with Crippen LogP contribution < -0.4 is 55.8 Å². The van der Waals surface area contributed by atoms with Crippen LogP contribution in [0.4, 0.5) is 29.5 Å². The Balaban J connectivity index is 0.000000470. The van der Waals surface area contributed by atoms with Crippen LogP contribution in [-0.2, 0) is 0 Å². The summed E-state index contributed by atoms with van der Waals surface area (Å²) in [7, 11) is 2.88. The summed E-state index contributed by atoms with van der Waals surface area (Å²) in [4.78, 5) is 55.2. The number of nitrogen functional groups attached to an aromatic ring is 2. The Hall–Kier alpha value is -3.65. The quantitative estimate of drug-likeness (QED) is 0.0618. The second kappa shape index (κ2) is 40.5. The molecule has 0 saturated carbocycles. The maximum Gasteiger partial charge on any atom is 1.00 e. The monoisotopic (exact) mass is 1260 g/mol. The van der Waals surface area contributed by atoms with E-state index >= 15 is 0 Å². The van der Waals surface area contributed by atoms with Crippen molar-refractivity contribution in [2.24, 2.45) is 0 Å². The van der Waals surface area contributed by atoms with Gasteiger partial charge in [-0.3, -0.25) is 0 Å². The zero-order chi connectivity index (χ0) is 55.8. The van der Waals surface area contributed by atoms with E-state index in [1.807, 2.05) is 0 Å². The third-order valence-corrected chi connectivity index (χ3v) is 12.7. The summed E-state index contributed by atoms with van der Waals surface area (Å²) in [5.74, 6) is 3.70. The number of aromatic nitrogens is 12. The molecule has 2 radical (unpaired) electrons. The van der Waals surface area contributed by atoms with Crippen LogP contribution in [0.25, 0.3) is 11.4 Å². The Morgan fingerprint density at radius 2 is 1.09 bits per heavy atom. The third kappa shape index (κ3) is 27.4. The van der Waals surface area contributed by atoms with Crippen molar-refractivity contribution in [3.05, 3.63) is 101 Å². The zero-order valence-corrected chi connectivity index (χ0v) is 51.2. The number of anilines is 5. The van der Waals surface area contributed by atoms with Gasteiger partial charge in [0.2, 0.25) is 28.4 Å². The van der Waals surface area contributed by atoms with Gasteiger partial charge in [-0.05, 0) is 153 Å².